The molecule has 0 atom stereocenters. The van der Waals surface area contributed by atoms with Gasteiger partial charge in [0.2, 0.25) is 0 Å². The van der Waals surface area contributed by atoms with Crippen molar-refractivity contribution in [3.8, 4) is 0 Å². The third-order valence-corrected chi connectivity index (χ3v) is 2.72. The first-order valence-corrected chi connectivity index (χ1v) is 5.18. The van der Waals surface area contributed by atoms with Gasteiger partial charge in [-0.2, -0.15) is 13.2 Å². The summed E-state index contributed by atoms with van der Waals surface area (Å²) in [4.78, 5) is 3.90. The molecule has 0 bridgehead atoms. The van der Waals surface area contributed by atoms with E-state index in [2.05, 4.69) is 4.98 Å². The molecule has 1 aromatic rings. The summed E-state index contributed by atoms with van der Waals surface area (Å²) in [6.07, 6.45) is -1.34. The van der Waals surface area contributed by atoms with Crippen molar-refractivity contribution < 1.29 is 13.2 Å². The third kappa shape index (κ3) is 2.25. The highest BCUT2D eigenvalue weighted by Crippen LogP contribution is 2.45. The van der Waals surface area contributed by atoms with Crippen LogP contribution in [0.2, 0.25) is 0 Å². The van der Waals surface area contributed by atoms with E-state index >= 15 is 0 Å². The van der Waals surface area contributed by atoms with Crippen LogP contribution in [0.3, 0.4) is 0 Å². The summed E-state index contributed by atoms with van der Waals surface area (Å²) in [5.41, 5.74) is 0.0143. The molecule has 1 fully saturated rings. The second-order valence-corrected chi connectivity index (χ2v) is 3.94. The lowest BCUT2D eigenvalue weighted by Gasteiger charge is -2.12. The number of hydrogen-bond acceptors (Lipinski definition) is 1. The van der Waals surface area contributed by atoms with Crippen LogP contribution in [-0.4, -0.2) is 4.98 Å². The zero-order valence-electron chi connectivity index (χ0n) is 7.81. The summed E-state index contributed by atoms with van der Waals surface area (Å²) >= 11 is 5.47. The molecule has 1 heterocycles. The van der Waals surface area contributed by atoms with Crippen LogP contribution in [0.5, 0.6) is 0 Å². The van der Waals surface area contributed by atoms with Gasteiger partial charge >= 0.3 is 6.18 Å². The average molecular weight is 236 g/mol. The molecule has 0 amide bonds. The van der Waals surface area contributed by atoms with Crippen molar-refractivity contribution in [1.29, 1.82) is 0 Å². The number of rotatable bonds is 2. The molecule has 5 heteroatoms. The summed E-state index contributed by atoms with van der Waals surface area (Å²) in [6, 6.07) is 1.06. The van der Waals surface area contributed by atoms with Crippen LogP contribution in [0.15, 0.2) is 12.3 Å². The quantitative estimate of drug-likeness (QED) is 0.712. The van der Waals surface area contributed by atoms with Gasteiger partial charge in [-0.05, 0) is 30.4 Å². The van der Waals surface area contributed by atoms with E-state index in [0.29, 0.717) is 5.56 Å². The number of halogens is 4. The fourth-order valence-electron chi connectivity index (χ4n) is 1.55. The lowest BCUT2D eigenvalue weighted by molar-refractivity contribution is -0.138. The summed E-state index contributed by atoms with van der Waals surface area (Å²) in [5, 5.41) is 0. The van der Waals surface area contributed by atoms with Crippen molar-refractivity contribution in [1.82, 2.24) is 4.98 Å². The van der Waals surface area contributed by atoms with Crippen LogP contribution in [0.25, 0.3) is 0 Å². The van der Waals surface area contributed by atoms with E-state index in [1.165, 1.54) is 6.20 Å². The maximum atomic E-state index is 12.7. The molecule has 0 radical (unpaired) electrons. The fourth-order valence-corrected chi connectivity index (χ4v) is 1.69. The molecule has 1 saturated carbocycles. The molecule has 1 nitrogen and oxygen atoms in total. The van der Waals surface area contributed by atoms with Crippen LogP contribution in [0, 0.1) is 0 Å². The Balaban J connectivity index is 2.45. The number of aromatic nitrogens is 1. The van der Waals surface area contributed by atoms with Crippen molar-refractivity contribution in [2.45, 2.75) is 30.8 Å². The summed E-state index contributed by atoms with van der Waals surface area (Å²) in [6.45, 7) is 0. The van der Waals surface area contributed by atoms with Gasteiger partial charge in [0.15, 0.2) is 0 Å². The van der Waals surface area contributed by atoms with Gasteiger partial charge < -0.3 is 0 Å². The fraction of sp³-hybridized carbons (Fsp3) is 0.500. The van der Waals surface area contributed by atoms with Crippen LogP contribution >= 0.6 is 11.6 Å². The van der Waals surface area contributed by atoms with Gasteiger partial charge in [0.05, 0.1) is 17.1 Å². The molecule has 1 aliphatic carbocycles. The highest BCUT2D eigenvalue weighted by atomic mass is 35.5. The molecular formula is C10H9ClF3N. The van der Waals surface area contributed by atoms with E-state index in [9.17, 15) is 13.2 Å². The average Bonchev–Trinajstić information content (AvgIpc) is 2.99. The van der Waals surface area contributed by atoms with Crippen molar-refractivity contribution in [3.05, 3.63) is 29.1 Å². The molecule has 0 spiro atoms. The predicted molar refractivity (Wildman–Crippen MR) is 50.8 cm³/mol. The van der Waals surface area contributed by atoms with Crippen molar-refractivity contribution in [2.24, 2.45) is 0 Å². The summed E-state index contributed by atoms with van der Waals surface area (Å²) in [5.74, 6) is 0.0482. The van der Waals surface area contributed by atoms with Gasteiger partial charge in [0, 0.05) is 6.20 Å². The van der Waals surface area contributed by atoms with E-state index in [4.69, 9.17) is 11.6 Å². The van der Waals surface area contributed by atoms with Gasteiger partial charge in [-0.25, -0.2) is 0 Å². The molecule has 0 N–H and O–H groups in total. The van der Waals surface area contributed by atoms with Crippen molar-refractivity contribution >= 4 is 11.6 Å². The first-order chi connectivity index (χ1) is 7.02. The van der Waals surface area contributed by atoms with Crippen molar-refractivity contribution in [3.63, 3.8) is 0 Å². The third-order valence-electron chi connectivity index (χ3n) is 2.45. The minimum atomic E-state index is -4.30. The lowest BCUT2D eigenvalue weighted by Crippen LogP contribution is -2.10. The van der Waals surface area contributed by atoms with E-state index in [-0.39, 0.29) is 17.5 Å². The van der Waals surface area contributed by atoms with Gasteiger partial charge in [-0.15, -0.1) is 11.6 Å². The molecule has 82 valence electrons. The molecule has 0 unspecified atom stereocenters. The Kier molecular flexibility index (Phi) is 2.63. The zero-order chi connectivity index (χ0) is 11.1. The SMILES string of the molecule is FC(F)(F)c1cc(CCl)ncc1C1CC1. The molecule has 1 aliphatic rings. The zero-order valence-corrected chi connectivity index (χ0v) is 8.57. The number of nitrogens with zero attached hydrogens (tertiary/aromatic N) is 1. The first-order valence-electron chi connectivity index (χ1n) is 4.64. The maximum Gasteiger partial charge on any atom is 0.416 e. The lowest BCUT2D eigenvalue weighted by atomic mass is 10.0. The van der Waals surface area contributed by atoms with Crippen LogP contribution in [0.1, 0.15) is 35.6 Å². The Labute approximate surface area is 90.3 Å². The number of alkyl halides is 4. The summed E-state index contributed by atoms with van der Waals surface area (Å²) < 4.78 is 38.0. The highest BCUT2D eigenvalue weighted by molar-refractivity contribution is 6.16. The van der Waals surface area contributed by atoms with Crippen molar-refractivity contribution in [2.75, 3.05) is 0 Å². The van der Waals surface area contributed by atoms with Crippen LogP contribution in [-0.2, 0) is 12.1 Å². The monoisotopic (exact) mass is 235 g/mol. The minimum Gasteiger partial charge on any atom is -0.260 e. The molecule has 0 saturated heterocycles. The highest BCUT2D eigenvalue weighted by Gasteiger charge is 2.38. The Morgan fingerprint density at radius 1 is 1.40 bits per heavy atom. The first kappa shape index (κ1) is 10.7. The molecule has 2 rings (SSSR count). The molecule has 15 heavy (non-hydrogen) atoms. The molecule has 0 aliphatic heterocycles. The number of pyridine rings is 1. The second-order valence-electron chi connectivity index (χ2n) is 3.67. The van der Waals surface area contributed by atoms with Crippen LogP contribution in [0.4, 0.5) is 13.2 Å². The predicted octanol–water partition coefficient (Wildman–Crippen LogP) is 3.72. The van der Waals surface area contributed by atoms with Gasteiger partial charge in [0.1, 0.15) is 0 Å². The Morgan fingerprint density at radius 3 is 2.53 bits per heavy atom. The number of hydrogen-bond donors (Lipinski definition) is 0. The van der Waals surface area contributed by atoms with Crippen LogP contribution < -0.4 is 0 Å². The molecular weight excluding hydrogens is 227 g/mol. The smallest absolute Gasteiger partial charge is 0.260 e. The normalized spacial score (nSPS) is 16.8. The Bertz CT molecular complexity index is 371. The minimum absolute atomic E-state index is 0.00796. The second kappa shape index (κ2) is 3.67. The largest absolute Gasteiger partial charge is 0.416 e. The standard InChI is InChI=1S/C10H9ClF3N/c11-4-7-3-9(10(12,13)14)8(5-15-7)6-1-2-6/h3,5-6H,1-2,4H2. The topological polar surface area (TPSA) is 12.9 Å². The summed E-state index contributed by atoms with van der Waals surface area (Å²) in [7, 11) is 0. The van der Waals surface area contributed by atoms with E-state index in [0.717, 1.165) is 18.9 Å². The van der Waals surface area contributed by atoms with E-state index in [1.54, 1.807) is 0 Å². The van der Waals surface area contributed by atoms with Gasteiger partial charge in [-0.1, -0.05) is 0 Å². The molecule has 1 aromatic heterocycles. The van der Waals surface area contributed by atoms with Gasteiger partial charge in [0.25, 0.3) is 0 Å². The Hall–Kier alpha value is -0.770. The van der Waals surface area contributed by atoms with E-state index in [1.807, 2.05) is 0 Å². The molecule has 0 aromatic carbocycles. The Morgan fingerprint density at radius 2 is 2.07 bits per heavy atom. The van der Waals surface area contributed by atoms with Gasteiger partial charge in [-0.3, -0.25) is 4.98 Å². The van der Waals surface area contributed by atoms with E-state index < -0.39 is 11.7 Å². The maximum absolute atomic E-state index is 12.7.